The van der Waals surface area contributed by atoms with E-state index in [1.54, 1.807) is 11.8 Å². The first kappa shape index (κ1) is 22.5. The molecule has 2 rings (SSSR count). The zero-order valence-electron chi connectivity index (χ0n) is 15.6. The second-order valence-electron chi connectivity index (χ2n) is 6.15. The van der Waals surface area contributed by atoms with E-state index in [9.17, 15) is 17.6 Å². The third kappa shape index (κ3) is 6.39. The van der Waals surface area contributed by atoms with Crippen LogP contribution < -0.4 is 9.62 Å². The van der Waals surface area contributed by atoms with Crippen molar-refractivity contribution < 1.29 is 17.6 Å². The summed E-state index contributed by atoms with van der Waals surface area (Å²) in [5, 5.41) is 3.43. The summed E-state index contributed by atoms with van der Waals surface area (Å²) in [6.07, 6.45) is 0.987. The van der Waals surface area contributed by atoms with Gasteiger partial charge in [-0.15, -0.1) is 0 Å². The normalized spacial score (nSPS) is 12.4. The Balaban J connectivity index is 1.91. The van der Waals surface area contributed by atoms with Crippen LogP contribution in [0.4, 0.5) is 10.1 Å². The van der Waals surface area contributed by atoms with E-state index < -0.39 is 27.8 Å². The fourth-order valence-corrected chi connectivity index (χ4v) is 4.92. The first-order valence-corrected chi connectivity index (χ1v) is 11.9. The van der Waals surface area contributed by atoms with E-state index in [0.717, 1.165) is 22.2 Å². The molecule has 28 heavy (non-hydrogen) atoms. The Morgan fingerprint density at radius 1 is 1.25 bits per heavy atom. The molecule has 0 spiro atoms. The number of nitrogens with zero attached hydrogens (tertiary/aromatic N) is 1. The number of nitrogens with one attached hydrogen (secondary N) is 1. The van der Waals surface area contributed by atoms with E-state index in [1.165, 1.54) is 25.1 Å². The minimum absolute atomic E-state index is 0.109. The SMILES string of the molecule is C[C@H](C(=O)NCCSCc1ccccc1Cl)N(c1cccc(F)c1)S(C)(=O)=O. The average Bonchev–Trinajstić information content (AvgIpc) is 2.61. The van der Waals surface area contributed by atoms with Crippen LogP contribution in [0.1, 0.15) is 12.5 Å². The Hall–Kier alpha value is -1.77. The minimum atomic E-state index is -3.77. The van der Waals surface area contributed by atoms with Gasteiger partial charge >= 0.3 is 0 Å². The first-order chi connectivity index (χ1) is 13.2. The molecule has 0 saturated heterocycles. The number of thioether (sulfide) groups is 1. The Morgan fingerprint density at radius 2 is 1.96 bits per heavy atom. The van der Waals surface area contributed by atoms with Gasteiger partial charge in [-0.1, -0.05) is 35.9 Å². The van der Waals surface area contributed by atoms with Gasteiger partial charge in [0.2, 0.25) is 15.9 Å². The van der Waals surface area contributed by atoms with Crippen LogP contribution in [0.15, 0.2) is 48.5 Å². The predicted molar refractivity (Wildman–Crippen MR) is 114 cm³/mol. The Morgan fingerprint density at radius 3 is 2.61 bits per heavy atom. The smallest absolute Gasteiger partial charge is 0.243 e. The third-order valence-corrected chi connectivity index (χ3v) is 6.53. The van der Waals surface area contributed by atoms with Crippen LogP contribution in [0, 0.1) is 5.82 Å². The largest absolute Gasteiger partial charge is 0.353 e. The number of amides is 1. The van der Waals surface area contributed by atoms with E-state index >= 15 is 0 Å². The fraction of sp³-hybridized carbons (Fsp3) is 0.316. The zero-order chi connectivity index (χ0) is 20.7. The molecule has 0 radical (unpaired) electrons. The predicted octanol–water partition coefficient (Wildman–Crippen LogP) is 3.68. The van der Waals surface area contributed by atoms with Crippen molar-refractivity contribution in [2.75, 3.05) is 22.9 Å². The number of rotatable bonds is 9. The van der Waals surface area contributed by atoms with E-state index in [-0.39, 0.29) is 5.69 Å². The molecule has 0 aromatic heterocycles. The maximum absolute atomic E-state index is 13.5. The van der Waals surface area contributed by atoms with Crippen molar-refractivity contribution in [3.63, 3.8) is 0 Å². The van der Waals surface area contributed by atoms with Crippen molar-refractivity contribution >= 4 is 45.0 Å². The van der Waals surface area contributed by atoms with Crippen LogP contribution in [0.3, 0.4) is 0 Å². The van der Waals surface area contributed by atoms with Crippen LogP contribution >= 0.6 is 23.4 Å². The van der Waals surface area contributed by atoms with Crippen LogP contribution in [-0.4, -0.2) is 38.9 Å². The lowest BCUT2D eigenvalue weighted by molar-refractivity contribution is -0.121. The lowest BCUT2D eigenvalue weighted by Gasteiger charge is -2.28. The average molecular weight is 445 g/mol. The van der Waals surface area contributed by atoms with Gasteiger partial charge in [-0.2, -0.15) is 11.8 Å². The Bertz CT molecular complexity index is 925. The second kappa shape index (κ2) is 10.1. The number of anilines is 1. The molecule has 0 heterocycles. The summed E-state index contributed by atoms with van der Waals surface area (Å²) in [6, 6.07) is 11.7. The molecule has 0 fully saturated rings. The van der Waals surface area contributed by atoms with Gasteiger partial charge in [-0.3, -0.25) is 9.10 Å². The van der Waals surface area contributed by atoms with Crippen molar-refractivity contribution in [1.29, 1.82) is 0 Å². The molecule has 2 aromatic rings. The number of hydrogen-bond donors (Lipinski definition) is 1. The van der Waals surface area contributed by atoms with Gasteiger partial charge in [0.15, 0.2) is 0 Å². The maximum Gasteiger partial charge on any atom is 0.243 e. The number of halogens is 2. The lowest BCUT2D eigenvalue weighted by Crippen LogP contribution is -2.48. The van der Waals surface area contributed by atoms with Crippen molar-refractivity contribution in [1.82, 2.24) is 5.32 Å². The molecule has 1 N–H and O–H groups in total. The van der Waals surface area contributed by atoms with Crippen molar-refractivity contribution in [2.24, 2.45) is 0 Å². The number of sulfonamides is 1. The molecular formula is C19H22ClFN2O3S2. The molecule has 0 unspecified atom stereocenters. The zero-order valence-corrected chi connectivity index (χ0v) is 18.0. The van der Waals surface area contributed by atoms with Gasteiger partial charge in [0.05, 0.1) is 11.9 Å². The van der Waals surface area contributed by atoms with Gasteiger partial charge in [-0.05, 0) is 36.8 Å². The minimum Gasteiger partial charge on any atom is -0.353 e. The van der Waals surface area contributed by atoms with E-state index in [2.05, 4.69) is 5.32 Å². The molecule has 0 aliphatic rings. The topological polar surface area (TPSA) is 66.5 Å². The van der Waals surface area contributed by atoms with Gasteiger partial charge in [0.25, 0.3) is 0 Å². The number of carbonyl (C=O) groups excluding carboxylic acids is 1. The monoisotopic (exact) mass is 444 g/mol. The maximum atomic E-state index is 13.5. The number of benzene rings is 2. The summed E-state index contributed by atoms with van der Waals surface area (Å²) in [7, 11) is -3.77. The molecular weight excluding hydrogens is 423 g/mol. The highest BCUT2D eigenvalue weighted by Crippen LogP contribution is 2.22. The van der Waals surface area contributed by atoms with Gasteiger partial charge < -0.3 is 5.32 Å². The summed E-state index contributed by atoms with van der Waals surface area (Å²) in [5.41, 5.74) is 1.13. The number of hydrogen-bond acceptors (Lipinski definition) is 4. The standard InChI is InChI=1S/C19H22ClFN2O3S2/c1-14(23(28(2,25)26)17-8-5-7-16(21)12-17)19(24)22-10-11-27-13-15-6-3-4-9-18(15)20/h3-9,12,14H,10-11,13H2,1-2H3,(H,22,24)/t14-/m1/s1. The molecule has 1 amide bonds. The van der Waals surface area contributed by atoms with E-state index in [0.29, 0.717) is 23.1 Å². The van der Waals surface area contributed by atoms with Crippen molar-refractivity contribution in [3.8, 4) is 0 Å². The Labute approximate surface area is 174 Å². The highest BCUT2D eigenvalue weighted by molar-refractivity contribution is 7.98. The van der Waals surface area contributed by atoms with Crippen LogP contribution in [0.2, 0.25) is 5.02 Å². The second-order valence-corrected chi connectivity index (χ2v) is 9.52. The van der Waals surface area contributed by atoms with Gasteiger partial charge in [0, 0.05) is 23.1 Å². The summed E-state index contributed by atoms with van der Waals surface area (Å²) in [6.45, 7) is 1.84. The lowest BCUT2D eigenvalue weighted by atomic mass is 10.2. The molecule has 0 bridgehead atoms. The van der Waals surface area contributed by atoms with Crippen molar-refractivity contribution in [2.45, 2.75) is 18.7 Å². The molecule has 152 valence electrons. The molecule has 0 aliphatic carbocycles. The number of carbonyl (C=O) groups is 1. The molecule has 0 saturated carbocycles. The summed E-state index contributed by atoms with van der Waals surface area (Å²) < 4.78 is 38.7. The molecule has 1 atom stereocenters. The molecule has 0 aliphatic heterocycles. The quantitative estimate of drug-likeness (QED) is 0.599. The van der Waals surface area contributed by atoms with Crippen LogP contribution in [0.5, 0.6) is 0 Å². The van der Waals surface area contributed by atoms with Gasteiger partial charge in [-0.25, -0.2) is 12.8 Å². The van der Waals surface area contributed by atoms with E-state index in [4.69, 9.17) is 11.6 Å². The summed E-state index contributed by atoms with van der Waals surface area (Å²) >= 11 is 7.71. The van der Waals surface area contributed by atoms with Crippen LogP contribution in [0.25, 0.3) is 0 Å². The third-order valence-electron chi connectivity index (χ3n) is 3.91. The highest BCUT2D eigenvalue weighted by atomic mass is 35.5. The summed E-state index contributed by atoms with van der Waals surface area (Å²) in [5.74, 6) is 0.328. The highest BCUT2D eigenvalue weighted by Gasteiger charge is 2.29. The van der Waals surface area contributed by atoms with Crippen LogP contribution in [-0.2, 0) is 20.6 Å². The molecule has 5 nitrogen and oxygen atoms in total. The molecule has 2 aromatic carbocycles. The fourth-order valence-electron chi connectivity index (χ4n) is 2.61. The molecule has 9 heteroatoms. The first-order valence-electron chi connectivity index (χ1n) is 8.54. The van der Waals surface area contributed by atoms with Crippen molar-refractivity contribution in [3.05, 3.63) is 64.9 Å². The van der Waals surface area contributed by atoms with E-state index in [1.807, 2.05) is 24.3 Å². The Kier molecular flexibility index (Phi) is 8.15. The summed E-state index contributed by atoms with van der Waals surface area (Å²) in [4.78, 5) is 12.4. The van der Waals surface area contributed by atoms with Gasteiger partial charge in [0.1, 0.15) is 11.9 Å².